The molecule has 0 fully saturated rings. The minimum atomic E-state index is -0.0702. The number of amidine groups is 1. The van der Waals surface area contributed by atoms with Gasteiger partial charge in [0.15, 0.2) is 17.3 Å². The van der Waals surface area contributed by atoms with Gasteiger partial charge >= 0.3 is 0 Å². The molecule has 0 atom stereocenters. The number of rotatable bonds is 4. The Labute approximate surface area is 116 Å². The van der Waals surface area contributed by atoms with Crippen LogP contribution in [0.15, 0.2) is 41.7 Å². The summed E-state index contributed by atoms with van der Waals surface area (Å²) in [6.45, 7) is 1.95. The molecule has 0 aliphatic heterocycles. The Balaban J connectivity index is 2.40. The van der Waals surface area contributed by atoms with Crippen molar-refractivity contribution in [2.45, 2.75) is 6.92 Å². The molecule has 6 nitrogen and oxygen atoms in total. The summed E-state index contributed by atoms with van der Waals surface area (Å²) in [7, 11) is 1.56. The summed E-state index contributed by atoms with van der Waals surface area (Å²) < 4.78 is 11.0. The van der Waals surface area contributed by atoms with E-state index in [0.29, 0.717) is 17.1 Å². The molecule has 0 aliphatic rings. The average Bonchev–Trinajstić information content (AvgIpc) is 2.48. The molecule has 3 N–H and O–H groups in total. The van der Waals surface area contributed by atoms with E-state index in [-0.39, 0.29) is 11.7 Å². The van der Waals surface area contributed by atoms with Crippen molar-refractivity contribution in [3.8, 4) is 17.4 Å². The smallest absolute Gasteiger partial charge is 0.230 e. The third-order valence-corrected chi connectivity index (χ3v) is 2.68. The number of nitrogens with zero attached hydrogens (tertiary/aromatic N) is 2. The first-order valence-corrected chi connectivity index (χ1v) is 5.91. The number of hydrogen-bond acceptors (Lipinski definition) is 5. The van der Waals surface area contributed by atoms with Crippen LogP contribution in [0.4, 0.5) is 0 Å². The molecule has 0 saturated heterocycles. The minimum Gasteiger partial charge on any atom is -0.493 e. The second-order valence-electron chi connectivity index (χ2n) is 4.10. The van der Waals surface area contributed by atoms with Crippen molar-refractivity contribution in [3.63, 3.8) is 0 Å². The molecule has 0 bridgehead atoms. The zero-order chi connectivity index (χ0) is 14.5. The van der Waals surface area contributed by atoms with Crippen LogP contribution in [-0.2, 0) is 0 Å². The molecular weight excluding hydrogens is 258 g/mol. The third kappa shape index (κ3) is 2.80. The fourth-order valence-corrected chi connectivity index (χ4v) is 1.68. The van der Waals surface area contributed by atoms with Crippen LogP contribution in [0.5, 0.6) is 17.4 Å². The van der Waals surface area contributed by atoms with Crippen LogP contribution in [0, 0.1) is 6.92 Å². The van der Waals surface area contributed by atoms with Gasteiger partial charge in [0.25, 0.3) is 0 Å². The monoisotopic (exact) mass is 273 g/mol. The number of ether oxygens (including phenoxy) is 2. The van der Waals surface area contributed by atoms with Crippen LogP contribution in [0.1, 0.15) is 11.1 Å². The van der Waals surface area contributed by atoms with Crippen molar-refractivity contribution in [1.82, 2.24) is 4.98 Å². The number of nitrogens with two attached hydrogens (primary N) is 1. The van der Waals surface area contributed by atoms with E-state index in [2.05, 4.69) is 10.1 Å². The van der Waals surface area contributed by atoms with Gasteiger partial charge in [-0.1, -0.05) is 11.2 Å². The number of oxime groups is 1. The average molecular weight is 273 g/mol. The summed E-state index contributed by atoms with van der Waals surface area (Å²) in [5.41, 5.74) is 7.04. The van der Waals surface area contributed by atoms with E-state index in [4.69, 9.17) is 20.4 Å². The van der Waals surface area contributed by atoms with Crippen LogP contribution in [0.2, 0.25) is 0 Å². The molecule has 20 heavy (non-hydrogen) atoms. The molecule has 1 aromatic carbocycles. The Morgan fingerprint density at radius 1 is 1.30 bits per heavy atom. The lowest BCUT2D eigenvalue weighted by Gasteiger charge is -2.12. The highest BCUT2D eigenvalue weighted by atomic mass is 16.5. The second kappa shape index (κ2) is 5.92. The molecule has 0 spiro atoms. The first kappa shape index (κ1) is 13.7. The van der Waals surface area contributed by atoms with Crippen LogP contribution in [0.25, 0.3) is 0 Å². The lowest BCUT2D eigenvalue weighted by Crippen LogP contribution is -2.14. The van der Waals surface area contributed by atoms with Crippen molar-refractivity contribution in [3.05, 3.63) is 47.7 Å². The first-order valence-electron chi connectivity index (χ1n) is 5.91. The maximum Gasteiger partial charge on any atom is 0.230 e. The van der Waals surface area contributed by atoms with Crippen molar-refractivity contribution in [2.24, 2.45) is 10.9 Å². The summed E-state index contributed by atoms with van der Waals surface area (Å²) in [6, 6.07) is 8.84. The van der Waals surface area contributed by atoms with Crippen LogP contribution >= 0.6 is 0 Å². The Morgan fingerprint density at radius 3 is 2.80 bits per heavy atom. The van der Waals surface area contributed by atoms with Gasteiger partial charge in [-0.3, -0.25) is 0 Å². The van der Waals surface area contributed by atoms with Gasteiger partial charge in [0.2, 0.25) is 5.88 Å². The highest BCUT2D eigenvalue weighted by molar-refractivity contribution is 5.99. The lowest BCUT2D eigenvalue weighted by atomic mass is 10.2. The van der Waals surface area contributed by atoms with Gasteiger partial charge in [0.1, 0.15) is 0 Å². The van der Waals surface area contributed by atoms with E-state index in [0.717, 1.165) is 5.56 Å². The maximum absolute atomic E-state index is 8.77. The minimum absolute atomic E-state index is 0.0702. The molecule has 0 radical (unpaired) electrons. The van der Waals surface area contributed by atoms with Gasteiger partial charge in [-0.15, -0.1) is 0 Å². The van der Waals surface area contributed by atoms with E-state index < -0.39 is 0 Å². The van der Waals surface area contributed by atoms with E-state index in [1.165, 1.54) is 0 Å². The molecular formula is C14H15N3O3. The maximum atomic E-state index is 8.77. The van der Waals surface area contributed by atoms with Crippen LogP contribution in [-0.4, -0.2) is 23.1 Å². The molecule has 2 rings (SSSR count). The molecule has 6 heteroatoms. The normalized spacial score (nSPS) is 11.2. The number of aryl methyl sites for hydroxylation is 1. The van der Waals surface area contributed by atoms with Gasteiger partial charge in [-0.2, -0.15) is 0 Å². The highest BCUT2D eigenvalue weighted by Crippen LogP contribution is 2.32. The number of methoxy groups -OCH3 is 1. The highest BCUT2D eigenvalue weighted by Gasteiger charge is 2.13. The predicted octanol–water partition coefficient (Wildman–Crippen LogP) is 2.29. The quantitative estimate of drug-likeness (QED) is 0.386. The summed E-state index contributed by atoms with van der Waals surface area (Å²) in [4.78, 5) is 4.09. The molecule has 0 unspecified atom stereocenters. The standard InChI is InChI=1S/C14H15N3O3/c1-9-5-6-11(12(8-9)19-2)20-14-10(13(15)17-18)4-3-7-16-14/h3-8,18H,1-2H3,(H2,15,17). The molecule has 0 aliphatic carbocycles. The zero-order valence-corrected chi connectivity index (χ0v) is 11.2. The van der Waals surface area contributed by atoms with Crippen LogP contribution < -0.4 is 15.2 Å². The van der Waals surface area contributed by atoms with Crippen molar-refractivity contribution >= 4 is 5.84 Å². The Morgan fingerprint density at radius 2 is 2.10 bits per heavy atom. The molecule has 0 saturated carbocycles. The molecule has 1 aromatic heterocycles. The molecule has 1 heterocycles. The Kier molecular flexibility index (Phi) is 4.05. The number of hydrogen-bond donors (Lipinski definition) is 2. The fraction of sp³-hybridized carbons (Fsp3) is 0.143. The first-order chi connectivity index (χ1) is 9.65. The van der Waals surface area contributed by atoms with Crippen molar-refractivity contribution < 1.29 is 14.7 Å². The SMILES string of the molecule is COc1cc(C)ccc1Oc1ncccc1/C(N)=N/O. The Hall–Kier alpha value is -2.76. The fourth-order valence-electron chi connectivity index (χ4n) is 1.68. The van der Waals surface area contributed by atoms with Gasteiger partial charge in [-0.05, 0) is 36.8 Å². The van der Waals surface area contributed by atoms with Crippen LogP contribution in [0.3, 0.4) is 0 Å². The topological polar surface area (TPSA) is 90.0 Å². The van der Waals surface area contributed by atoms with Gasteiger partial charge in [0, 0.05) is 6.20 Å². The third-order valence-electron chi connectivity index (χ3n) is 2.68. The largest absolute Gasteiger partial charge is 0.493 e. The number of pyridine rings is 1. The van der Waals surface area contributed by atoms with E-state index in [1.807, 2.05) is 19.1 Å². The van der Waals surface area contributed by atoms with E-state index in [9.17, 15) is 0 Å². The molecule has 0 amide bonds. The summed E-state index contributed by atoms with van der Waals surface area (Å²) in [6.07, 6.45) is 1.56. The van der Waals surface area contributed by atoms with E-state index in [1.54, 1.807) is 31.5 Å². The molecule has 2 aromatic rings. The summed E-state index contributed by atoms with van der Waals surface area (Å²) in [5, 5.41) is 11.7. The van der Waals surface area contributed by atoms with Crippen molar-refractivity contribution in [2.75, 3.05) is 7.11 Å². The summed E-state index contributed by atoms with van der Waals surface area (Å²) in [5.74, 6) is 1.26. The number of aromatic nitrogens is 1. The van der Waals surface area contributed by atoms with Gasteiger partial charge in [-0.25, -0.2) is 4.98 Å². The van der Waals surface area contributed by atoms with E-state index >= 15 is 0 Å². The van der Waals surface area contributed by atoms with Gasteiger partial charge < -0.3 is 20.4 Å². The van der Waals surface area contributed by atoms with Gasteiger partial charge in [0.05, 0.1) is 12.7 Å². The Bertz CT molecular complexity index is 641. The second-order valence-corrected chi connectivity index (χ2v) is 4.10. The predicted molar refractivity (Wildman–Crippen MR) is 74.6 cm³/mol. The van der Waals surface area contributed by atoms with Crippen molar-refractivity contribution in [1.29, 1.82) is 0 Å². The lowest BCUT2D eigenvalue weighted by molar-refractivity contribution is 0.318. The molecule has 104 valence electrons. The zero-order valence-electron chi connectivity index (χ0n) is 11.2. The number of benzene rings is 1. The summed E-state index contributed by atoms with van der Waals surface area (Å²) >= 11 is 0.